The third-order valence-electron chi connectivity index (χ3n) is 4.39. The van der Waals surface area contributed by atoms with Crippen LogP contribution in [0.15, 0.2) is 35.4 Å². The van der Waals surface area contributed by atoms with Gasteiger partial charge in [0, 0.05) is 16.4 Å². The van der Waals surface area contributed by atoms with E-state index >= 15 is 0 Å². The molecule has 2 aliphatic heterocycles. The van der Waals surface area contributed by atoms with Gasteiger partial charge in [-0.1, -0.05) is 42.4 Å². The molecule has 2 fully saturated rings. The van der Waals surface area contributed by atoms with Crippen LogP contribution in [0.1, 0.15) is 25.7 Å². The van der Waals surface area contributed by atoms with Crippen LogP contribution in [-0.4, -0.2) is 36.7 Å². The van der Waals surface area contributed by atoms with E-state index in [1.807, 2.05) is 37.3 Å². The second-order valence-corrected chi connectivity index (χ2v) is 5.94. The van der Waals surface area contributed by atoms with E-state index in [1.54, 1.807) is 0 Å². The van der Waals surface area contributed by atoms with Crippen molar-refractivity contribution in [3.63, 3.8) is 0 Å². The topological polar surface area (TPSA) is 93.5 Å². The van der Waals surface area contributed by atoms with Crippen molar-refractivity contribution in [1.82, 2.24) is 0 Å². The molecular weight excluding hydrogens is 298 g/mol. The summed E-state index contributed by atoms with van der Waals surface area (Å²) in [5, 5.41) is 3.88. The van der Waals surface area contributed by atoms with Gasteiger partial charge in [-0.15, -0.1) is 0 Å². The van der Waals surface area contributed by atoms with Gasteiger partial charge in [0.1, 0.15) is 12.2 Å². The third-order valence-corrected chi connectivity index (χ3v) is 4.39. The number of carbonyl (C=O) groups excluding carboxylic acids is 1. The van der Waals surface area contributed by atoms with Crippen molar-refractivity contribution in [1.29, 1.82) is 0 Å². The Labute approximate surface area is 134 Å². The number of azide groups is 1. The van der Waals surface area contributed by atoms with Crippen LogP contribution in [0, 0.1) is 5.92 Å². The van der Waals surface area contributed by atoms with E-state index in [0.29, 0.717) is 0 Å². The molecule has 0 saturated carbocycles. The van der Waals surface area contributed by atoms with Gasteiger partial charge in [0.25, 0.3) is 0 Å². The highest BCUT2D eigenvalue weighted by atomic mass is 16.7. The molecule has 6 atom stereocenters. The first-order chi connectivity index (χ1) is 11.1. The van der Waals surface area contributed by atoms with E-state index in [1.165, 1.54) is 6.92 Å². The van der Waals surface area contributed by atoms with E-state index in [9.17, 15) is 4.79 Å². The Kier molecular flexibility index (Phi) is 4.63. The van der Waals surface area contributed by atoms with Crippen molar-refractivity contribution in [2.24, 2.45) is 11.0 Å². The second-order valence-electron chi connectivity index (χ2n) is 5.94. The van der Waals surface area contributed by atoms with Gasteiger partial charge in [-0.2, -0.15) is 0 Å². The average Bonchev–Trinajstić information content (AvgIpc) is 2.57. The second kappa shape index (κ2) is 6.68. The van der Waals surface area contributed by atoms with Crippen molar-refractivity contribution >= 4 is 5.78 Å². The van der Waals surface area contributed by atoms with Crippen molar-refractivity contribution in [2.75, 3.05) is 6.61 Å². The maximum absolute atomic E-state index is 11.8. The first-order valence-corrected chi connectivity index (χ1v) is 7.64. The summed E-state index contributed by atoms with van der Waals surface area (Å²) in [5.41, 5.74) is 9.78. The summed E-state index contributed by atoms with van der Waals surface area (Å²) in [6.07, 6.45) is -1.99. The molecule has 7 heteroatoms. The third kappa shape index (κ3) is 3.09. The van der Waals surface area contributed by atoms with Crippen LogP contribution >= 0.6 is 0 Å². The van der Waals surface area contributed by atoms with E-state index in [4.69, 9.17) is 19.7 Å². The van der Waals surface area contributed by atoms with Crippen LogP contribution in [0.2, 0.25) is 0 Å². The van der Waals surface area contributed by atoms with E-state index < -0.39 is 30.6 Å². The molecular formula is C16H19N3O4. The lowest BCUT2D eigenvalue weighted by atomic mass is 9.84. The van der Waals surface area contributed by atoms with Crippen LogP contribution < -0.4 is 0 Å². The molecule has 2 saturated heterocycles. The number of benzene rings is 1. The van der Waals surface area contributed by atoms with E-state index in [2.05, 4.69) is 10.0 Å². The number of fused-ring (bicyclic) bond motifs is 1. The monoisotopic (exact) mass is 317 g/mol. The summed E-state index contributed by atoms with van der Waals surface area (Å²) >= 11 is 0. The summed E-state index contributed by atoms with van der Waals surface area (Å²) < 4.78 is 17.6. The van der Waals surface area contributed by atoms with Gasteiger partial charge in [-0.25, -0.2) is 0 Å². The minimum atomic E-state index is -0.604. The van der Waals surface area contributed by atoms with Gasteiger partial charge in [-0.3, -0.25) is 4.79 Å². The Morgan fingerprint density at radius 1 is 1.30 bits per heavy atom. The summed E-state index contributed by atoms with van der Waals surface area (Å²) in [7, 11) is 0. The van der Waals surface area contributed by atoms with Crippen molar-refractivity contribution in [2.45, 2.75) is 44.5 Å². The number of hydrogen-bond acceptors (Lipinski definition) is 5. The van der Waals surface area contributed by atoms with Crippen LogP contribution in [0.25, 0.3) is 10.4 Å². The number of nitrogens with zero attached hydrogens (tertiary/aromatic N) is 3. The quantitative estimate of drug-likeness (QED) is 0.486. The molecule has 1 aromatic rings. The fourth-order valence-electron chi connectivity index (χ4n) is 3.24. The molecule has 2 aliphatic rings. The van der Waals surface area contributed by atoms with Crippen molar-refractivity contribution in [3.8, 4) is 0 Å². The fraction of sp³-hybridized carbons (Fsp3) is 0.562. The molecule has 2 heterocycles. The van der Waals surface area contributed by atoms with E-state index in [0.717, 1.165) is 5.56 Å². The standard InChI is InChI=1S/C16H19N3O4/c1-9-13(18-19-17)15-12(22-14(9)10(2)20)8-21-16(23-15)11-6-4-3-5-7-11/h3-7,9,12-16H,8H2,1-2H3/t9-,12?,13?,14+,15-,16?/m0/s1. The Hall–Kier alpha value is -1.92. The molecule has 3 rings (SSSR count). The zero-order chi connectivity index (χ0) is 16.4. The predicted octanol–water partition coefficient (Wildman–Crippen LogP) is 2.77. The zero-order valence-corrected chi connectivity index (χ0v) is 13.0. The molecule has 0 spiro atoms. The lowest BCUT2D eigenvalue weighted by Crippen LogP contribution is -2.59. The summed E-state index contributed by atoms with van der Waals surface area (Å²) in [6, 6.07) is 9.09. The number of carbonyl (C=O) groups is 1. The Morgan fingerprint density at radius 3 is 2.70 bits per heavy atom. The first kappa shape index (κ1) is 16.0. The number of hydrogen-bond donors (Lipinski definition) is 0. The lowest BCUT2D eigenvalue weighted by molar-refractivity contribution is -0.296. The Bertz CT molecular complexity index is 617. The first-order valence-electron chi connectivity index (χ1n) is 7.64. The summed E-state index contributed by atoms with van der Waals surface area (Å²) in [5.74, 6) is -0.335. The van der Waals surface area contributed by atoms with Gasteiger partial charge in [0.2, 0.25) is 0 Å². The molecule has 23 heavy (non-hydrogen) atoms. The average molecular weight is 317 g/mol. The molecule has 1 aromatic carbocycles. The number of ether oxygens (including phenoxy) is 3. The van der Waals surface area contributed by atoms with Crippen LogP contribution in [0.3, 0.4) is 0 Å². The largest absolute Gasteiger partial charge is 0.362 e. The molecule has 0 bridgehead atoms. The van der Waals surface area contributed by atoms with Gasteiger partial charge in [0.05, 0.1) is 18.8 Å². The predicted molar refractivity (Wildman–Crippen MR) is 81.4 cm³/mol. The zero-order valence-electron chi connectivity index (χ0n) is 13.0. The normalized spacial score (nSPS) is 36.6. The van der Waals surface area contributed by atoms with Crippen LogP contribution in [0.4, 0.5) is 0 Å². The molecule has 122 valence electrons. The van der Waals surface area contributed by atoms with Crippen LogP contribution in [-0.2, 0) is 19.0 Å². The highest BCUT2D eigenvalue weighted by Gasteiger charge is 2.49. The molecule has 0 aromatic heterocycles. The highest BCUT2D eigenvalue weighted by Crippen LogP contribution is 2.37. The van der Waals surface area contributed by atoms with E-state index in [-0.39, 0.29) is 18.3 Å². The number of Topliss-reactive ketones (excluding diaryl/α,β-unsaturated/α-hetero) is 1. The molecule has 0 aliphatic carbocycles. The molecule has 0 radical (unpaired) electrons. The minimum Gasteiger partial charge on any atom is -0.362 e. The lowest BCUT2D eigenvalue weighted by Gasteiger charge is -2.47. The number of ketones is 1. The summed E-state index contributed by atoms with van der Waals surface area (Å²) in [4.78, 5) is 14.7. The van der Waals surface area contributed by atoms with Crippen molar-refractivity contribution < 1.29 is 19.0 Å². The maximum Gasteiger partial charge on any atom is 0.184 e. The molecule has 7 nitrogen and oxygen atoms in total. The summed E-state index contributed by atoms with van der Waals surface area (Å²) in [6.45, 7) is 3.61. The Balaban J connectivity index is 1.84. The van der Waals surface area contributed by atoms with Gasteiger partial charge >= 0.3 is 0 Å². The Morgan fingerprint density at radius 2 is 2.04 bits per heavy atom. The SMILES string of the molecule is CC(=O)[C@@H]1OC2COC(c3ccccc3)O[C@@H]2C(N=[N+]=[N-])[C@@H]1C. The van der Waals surface area contributed by atoms with Crippen LogP contribution in [0.5, 0.6) is 0 Å². The molecule has 0 N–H and O–H groups in total. The van der Waals surface area contributed by atoms with Gasteiger partial charge in [0.15, 0.2) is 12.1 Å². The fourth-order valence-corrected chi connectivity index (χ4v) is 3.24. The maximum atomic E-state index is 11.8. The number of rotatable bonds is 3. The van der Waals surface area contributed by atoms with Gasteiger partial charge < -0.3 is 14.2 Å². The van der Waals surface area contributed by atoms with Crippen molar-refractivity contribution in [3.05, 3.63) is 46.3 Å². The molecule has 3 unspecified atom stereocenters. The molecule has 0 amide bonds. The minimum absolute atomic E-state index is 0.0840. The highest BCUT2D eigenvalue weighted by molar-refractivity contribution is 5.81. The smallest absolute Gasteiger partial charge is 0.184 e. The van der Waals surface area contributed by atoms with Gasteiger partial charge in [-0.05, 0) is 12.5 Å².